The van der Waals surface area contributed by atoms with Gasteiger partial charge in [0.1, 0.15) is 30.2 Å². The van der Waals surface area contributed by atoms with E-state index in [0.717, 1.165) is 23.3 Å². The van der Waals surface area contributed by atoms with Crippen molar-refractivity contribution in [3.8, 4) is 0 Å². The molecule has 6 heterocycles. The topological polar surface area (TPSA) is 196 Å². The number of imidazole rings is 1. The molecule has 3 aromatic rings. The second-order valence-electron chi connectivity index (χ2n) is 14.7. The molecule has 3 amide bonds. The van der Waals surface area contributed by atoms with Gasteiger partial charge in [-0.15, -0.1) is 5.53 Å². The molecule has 0 aromatic carbocycles. The first kappa shape index (κ1) is 40.8. The number of nitrogens with one attached hydrogen (secondary N) is 4. The molecule has 3 aliphatic heterocycles. The lowest BCUT2D eigenvalue weighted by Crippen LogP contribution is -2.45. The number of esters is 1. The summed E-state index contributed by atoms with van der Waals surface area (Å²) in [6.07, 6.45) is 11.4. The Morgan fingerprint density at radius 1 is 1.19 bits per heavy atom. The van der Waals surface area contributed by atoms with Crippen LogP contribution in [0.1, 0.15) is 68.5 Å². The van der Waals surface area contributed by atoms with E-state index in [-0.39, 0.29) is 62.3 Å². The Morgan fingerprint density at radius 2 is 2.04 bits per heavy atom. The van der Waals surface area contributed by atoms with Crippen LogP contribution in [-0.4, -0.2) is 104 Å². The number of cyclic esters (lactones) is 1. The van der Waals surface area contributed by atoms with E-state index in [1.165, 1.54) is 17.1 Å². The number of rotatable bonds is 7. The van der Waals surface area contributed by atoms with E-state index in [0.29, 0.717) is 25.0 Å². The van der Waals surface area contributed by atoms with Crippen molar-refractivity contribution in [3.05, 3.63) is 96.3 Å². The van der Waals surface area contributed by atoms with Gasteiger partial charge in [0, 0.05) is 50.8 Å². The number of hydrogen-bond donors (Lipinski definition) is 5. The molecule has 5 atom stereocenters. The summed E-state index contributed by atoms with van der Waals surface area (Å²) in [4.78, 5) is 63.7. The monoisotopic (exact) mass is 787 g/mol. The number of carbonyl (C=O) groups excluding carboxylic acids is 4. The summed E-state index contributed by atoms with van der Waals surface area (Å²) in [5, 5.41) is 17.9. The van der Waals surface area contributed by atoms with E-state index in [9.17, 15) is 28.7 Å². The molecule has 5 unspecified atom stereocenters. The molecular weight excluding hydrogens is 737 g/mol. The second kappa shape index (κ2) is 18.9. The molecule has 17 heteroatoms. The van der Waals surface area contributed by atoms with Crippen LogP contribution < -0.4 is 21.6 Å². The highest BCUT2D eigenvalue weighted by atomic mass is 19.1. The standard InChI is InChI=1S/C40H50FN9O7/c1-25(2)38-27(19-36(53)43-14-17-48-23-30(46-47-48)33-22-44-34-10-4-5-15-49(33)34)11-12-35(52)42-13-6-8-26(3)18-29(51)20-28(41)21-37-45-31(24-56-37)39(54)50-16-7-9-32(50)40(55)57-38/h4-6,8,10-12,15,18,22-25,27-29,32,38,46-47,51H,7,9,13-14,16-17,19-21H2,1-3H3,(H,42,52)(H,43,53)/b8-6+,12-11+,26-18+. The minimum absolute atomic E-state index is 0.00299. The molecule has 1 fully saturated rings. The average Bonchev–Trinajstić information content (AvgIpc) is 4.00. The van der Waals surface area contributed by atoms with Crippen LogP contribution >= 0.6 is 0 Å². The van der Waals surface area contributed by atoms with Crippen LogP contribution in [0.4, 0.5) is 4.39 Å². The fraction of sp³-hybridized carbons (Fsp3) is 0.450. The number of aliphatic hydroxyl groups excluding tert-OH is 1. The molecular formula is C40H50FN9O7. The van der Waals surface area contributed by atoms with Crippen molar-refractivity contribution in [2.24, 2.45) is 11.8 Å². The van der Waals surface area contributed by atoms with Gasteiger partial charge in [0.15, 0.2) is 11.6 Å². The number of aliphatic hydroxyl groups is 1. The van der Waals surface area contributed by atoms with Crippen molar-refractivity contribution < 1.29 is 37.8 Å². The number of nitrogens with zero attached hydrogens (tertiary/aromatic N) is 5. The summed E-state index contributed by atoms with van der Waals surface area (Å²) in [6, 6.07) is 4.83. The number of pyridine rings is 1. The van der Waals surface area contributed by atoms with E-state index in [1.54, 1.807) is 36.4 Å². The Hall–Kier alpha value is -5.81. The lowest BCUT2D eigenvalue weighted by atomic mass is 9.89. The van der Waals surface area contributed by atoms with Crippen LogP contribution in [0.15, 0.2) is 83.4 Å². The second-order valence-corrected chi connectivity index (χ2v) is 14.7. The maximum Gasteiger partial charge on any atom is 0.329 e. The molecule has 3 aromatic heterocycles. The molecule has 0 saturated carbocycles. The van der Waals surface area contributed by atoms with Gasteiger partial charge < -0.3 is 35.2 Å². The van der Waals surface area contributed by atoms with Crippen LogP contribution in [0.3, 0.4) is 0 Å². The molecule has 6 rings (SSSR count). The van der Waals surface area contributed by atoms with Crippen molar-refractivity contribution >= 4 is 35.0 Å². The fourth-order valence-corrected chi connectivity index (χ4v) is 7.10. The number of hydrazine groups is 2. The summed E-state index contributed by atoms with van der Waals surface area (Å²) in [5.74, 6) is -2.92. The van der Waals surface area contributed by atoms with Crippen molar-refractivity contribution in [1.82, 2.24) is 45.9 Å². The number of amides is 3. The molecule has 304 valence electrons. The minimum Gasteiger partial charge on any atom is -0.460 e. The molecule has 5 N–H and O–H groups in total. The van der Waals surface area contributed by atoms with Gasteiger partial charge in [0.05, 0.1) is 36.7 Å². The van der Waals surface area contributed by atoms with E-state index in [2.05, 4.69) is 31.6 Å². The summed E-state index contributed by atoms with van der Waals surface area (Å²) in [5.41, 5.74) is 9.28. The Kier molecular flexibility index (Phi) is 13.5. The highest BCUT2D eigenvalue weighted by Crippen LogP contribution is 2.27. The third-order valence-electron chi connectivity index (χ3n) is 9.91. The predicted molar refractivity (Wildman–Crippen MR) is 207 cm³/mol. The van der Waals surface area contributed by atoms with Gasteiger partial charge in [-0.25, -0.2) is 19.2 Å². The van der Waals surface area contributed by atoms with E-state index in [4.69, 9.17) is 9.15 Å². The number of carbonyl (C=O) groups is 4. The maximum atomic E-state index is 14.9. The molecule has 2 bridgehead atoms. The molecule has 0 spiro atoms. The number of allylic oxidation sites excluding steroid dienone is 2. The summed E-state index contributed by atoms with van der Waals surface area (Å²) >= 11 is 0. The molecule has 16 nitrogen and oxygen atoms in total. The number of halogens is 1. The van der Waals surface area contributed by atoms with Gasteiger partial charge in [0.25, 0.3) is 5.91 Å². The summed E-state index contributed by atoms with van der Waals surface area (Å²) < 4.78 is 28.4. The average molecular weight is 788 g/mol. The Bertz CT molecular complexity index is 2040. The number of oxazole rings is 1. The Morgan fingerprint density at radius 3 is 2.86 bits per heavy atom. The van der Waals surface area contributed by atoms with Crippen LogP contribution in [0.2, 0.25) is 0 Å². The molecule has 0 aliphatic carbocycles. The maximum absolute atomic E-state index is 14.9. The van der Waals surface area contributed by atoms with Gasteiger partial charge >= 0.3 is 5.97 Å². The van der Waals surface area contributed by atoms with Gasteiger partial charge in [0.2, 0.25) is 11.8 Å². The first-order valence-electron chi connectivity index (χ1n) is 19.2. The zero-order chi connectivity index (χ0) is 40.5. The normalized spacial score (nSPS) is 26.2. The first-order valence-corrected chi connectivity index (χ1v) is 19.2. The molecule has 1 saturated heterocycles. The van der Waals surface area contributed by atoms with Crippen LogP contribution in [-0.2, 0) is 25.5 Å². The smallest absolute Gasteiger partial charge is 0.329 e. The third-order valence-corrected chi connectivity index (χ3v) is 9.91. The van der Waals surface area contributed by atoms with Crippen molar-refractivity contribution in [2.75, 3.05) is 26.2 Å². The molecule has 0 radical (unpaired) electrons. The van der Waals surface area contributed by atoms with Crippen molar-refractivity contribution in [2.45, 2.75) is 77.3 Å². The molecule has 57 heavy (non-hydrogen) atoms. The third kappa shape index (κ3) is 10.7. The summed E-state index contributed by atoms with van der Waals surface area (Å²) in [6.45, 7) is 6.58. The molecule has 3 aliphatic rings. The number of hydrogen-bond acceptors (Lipinski definition) is 12. The van der Waals surface area contributed by atoms with E-state index >= 15 is 0 Å². The highest BCUT2D eigenvalue weighted by Gasteiger charge is 2.39. The predicted octanol–water partition coefficient (Wildman–Crippen LogP) is 2.76. The zero-order valence-electron chi connectivity index (χ0n) is 32.3. The lowest BCUT2D eigenvalue weighted by Gasteiger charge is -2.31. The first-order chi connectivity index (χ1) is 27.4. The highest BCUT2D eigenvalue weighted by molar-refractivity contribution is 5.95. The van der Waals surface area contributed by atoms with Crippen molar-refractivity contribution in [1.29, 1.82) is 0 Å². The van der Waals surface area contributed by atoms with Crippen LogP contribution in [0.25, 0.3) is 11.3 Å². The van der Waals surface area contributed by atoms with Gasteiger partial charge in [-0.05, 0) is 43.9 Å². The number of fused-ring (bicyclic) bond motifs is 4. The Labute approximate surface area is 329 Å². The number of ether oxygens (including phenoxy) is 1. The SMILES string of the molecule is CC1=C\C(O)CC(F)Cc2nc(co2)C(=O)N2CCCC2C(=O)OC(C(C)C)C(CC(=O)NCCN2C=C(c3cnc4ccccn34)NN2)/C=C/C(=O)NC\C=C\1. The fourth-order valence-electron chi connectivity index (χ4n) is 7.10. The van der Waals surface area contributed by atoms with Crippen molar-refractivity contribution in [3.63, 3.8) is 0 Å². The van der Waals surface area contributed by atoms with Crippen LogP contribution in [0, 0.1) is 11.8 Å². The van der Waals surface area contributed by atoms with Crippen LogP contribution in [0.5, 0.6) is 0 Å². The zero-order valence-corrected chi connectivity index (χ0v) is 32.3. The van der Waals surface area contributed by atoms with Gasteiger partial charge in [-0.1, -0.05) is 49.8 Å². The number of aromatic nitrogens is 3. The largest absolute Gasteiger partial charge is 0.460 e. The lowest BCUT2D eigenvalue weighted by molar-refractivity contribution is -0.159. The number of alkyl halides is 1. The summed E-state index contributed by atoms with van der Waals surface area (Å²) in [7, 11) is 0. The van der Waals surface area contributed by atoms with Gasteiger partial charge in [-0.3, -0.25) is 23.8 Å². The minimum atomic E-state index is -1.50. The Balaban J connectivity index is 1.16. The quantitative estimate of drug-likeness (QED) is 0.220. The van der Waals surface area contributed by atoms with E-state index < -0.39 is 48.1 Å². The van der Waals surface area contributed by atoms with E-state index in [1.807, 2.05) is 48.8 Å². The van der Waals surface area contributed by atoms with Gasteiger partial charge in [-0.2, -0.15) is 0 Å².